The van der Waals surface area contributed by atoms with E-state index in [0.717, 1.165) is 0 Å². The number of hydrogen-bond donors (Lipinski definition) is 1. The highest BCUT2D eigenvalue weighted by molar-refractivity contribution is 5.83. The average molecular weight is 257 g/mol. The van der Waals surface area contributed by atoms with Crippen molar-refractivity contribution in [2.75, 3.05) is 6.61 Å². The zero-order valence-electron chi connectivity index (χ0n) is 9.20. The average Bonchev–Trinajstić information content (AvgIpc) is 2.52. The fourth-order valence-corrected chi connectivity index (χ4v) is 1.62. The molecule has 0 fully saturated rings. The van der Waals surface area contributed by atoms with Gasteiger partial charge in [0.2, 0.25) is 0 Å². The largest absolute Gasteiger partial charge is 0.460 e. The molecule has 1 atom stereocenters. The van der Waals surface area contributed by atoms with Crippen molar-refractivity contribution in [3.8, 4) is 0 Å². The summed E-state index contributed by atoms with van der Waals surface area (Å²) in [5.74, 6) is -0.992. The number of carbonyl (C=O) groups excluding carboxylic acids is 1. The summed E-state index contributed by atoms with van der Waals surface area (Å²) in [5, 5.41) is 2.29. The van der Waals surface area contributed by atoms with E-state index in [2.05, 4.69) is 5.32 Å². The van der Waals surface area contributed by atoms with E-state index in [-0.39, 0.29) is 6.61 Å². The third-order valence-electron chi connectivity index (χ3n) is 2.49. The molecule has 0 amide bonds. The number of alkyl halides is 3. The molecule has 6 heteroatoms. The van der Waals surface area contributed by atoms with Crippen LogP contribution in [0.5, 0.6) is 0 Å². The first kappa shape index (κ1) is 12.5. The van der Waals surface area contributed by atoms with Gasteiger partial charge in [-0.2, -0.15) is 13.2 Å². The molecule has 0 saturated carbocycles. The van der Waals surface area contributed by atoms with Gasteiger partial charge >= 0.3 is 12.1 Å². The second-order valence-corrected chi connectivity index (χ2v) is 3.79. The minimum Gasteiger partial charge on any atom is -0.460 e. The Morgan fingerprint density at radius 3 is 2.50 bits per heavy atom. The van der Waals surface area contributed by atoms with Gasteiger partial charge in [-0.3, -0.25) is 0 Å². The molecule has 0 aromatic heterocycles. The van der Waals surface area contributed by atoms with Crippen LogP contribution in [0.4, 0.5) is 13.2 Å². The van der Waals surface area contributed by atoms with Crippen molar-refractivity contribution in [2.45, 2.75) is 12.2 Å². The lowest BCUT2D eigenvalue weighted by atomic mass is 10.1. The molecule has 0 radical (unpaired) electrons. The van der Waals surface area contributed by atoms with E-state index in [4.69, 9.17) is 4.74 Å². The Morgan fingerprint density at radius 1 is 1.22 bits per heavy atom. The minimum atomic E-state index is -4.60. The van der Waals surface area contributed by atoms with Crippen molar-refractivity contribution in [2.24, 2.45) is 0 Å². The first-order valence-electron chi connectivity index (χ1n) is 5.24. The van der Waals surface area contributed by atoms with Crippen molar-refractivity contribution in [3.63, 3.8) is 0 Å². The molecular formula is C12H10F3NO2. The molecule has 0 unspecified atom stereocenters. The van der Waals surface area contributed by atoms with Crippen molar-refractivity contribution in [3.05, 3.63) is 47.7 Å². The van der Waals surface area contributed by atoms with Crippen molar-refractivity contribution in [1.82, 2.24) is 5.32 Å². The normalized spacial score (nSPS) is 20.5. The third-order valence-corrected chi connectivity index (χ3v) is 2.49. The molecule has 18 heavy (non-hydrogen) atoms. The molecule has 3 nitrogen and oxygen atoms in total. The summed E-state index contributed by atoms with van der Waals surface area (Å²) in [7, 11) is 0. The number of nitrogens with one attached hydrogen (secondary N) is 1. The Morgan fingerprint density at radius 2 is 1.89 bits per heavy atom. The van der Waals surface area contributed by atoms with E-state index in [9.17, 15) is 18.0 Å². The van der Waals surface area contributed by atoms with Gasteiger partial charge in [-0.05, 0) is 5.56 Å². The third kappa shape index (κ3) is 2.82. The Kier molecular flexibility index (Phi) is 3.27. The molecule has 1 N–H and O–H groups in total. The van der Waals surface area contributed by atoms with Gasteiger partial charge < -0.3 is 10.1 Å². The lowest BCUT2D eigenvalue weighted by Crippen LogP contribution is -2.30. The van der Waals surface area contributed by atoms with Crippen molar-refractivity contribution >= 4 is 5.97 Å². The molecule has 0 bridgehead atoms. The molecule has 1 aliphatic heterocycles. The Balaban J connectivity index is 2.27. The van der Waals surface area contributed by atoms with Crippen molar-refractivity contribution in [1.29, 1.82) is 0 Å². The number of rotatable bonds is 1. The highest BCUT2D eigenvalue weighted by Gasteiger charge is 2.37. The van der Waals surface area contributed by atoms with E-state index in [1.165, 1.54) is 0 Å². The molecule has 1 aromatic rings. The molecule has 2 rings (SSSR count). The fraction of sp³-hybridized carbons (Fsp3) is 0.250. The van der Waals surface area contributed by atoms with Gasteiger partial charge in [0.15, 0.2) is 0 Å². The van der Waals surface area contributed by atoms with Crippen LogP contribution in [-0.2, 0) is 9.53 Å². The van der Waals surface area contributed by atoms with Crippen LogP contribution in [0, 0.1) is 0 Å². The number of esters is 1. The van der Waals surface area contributed by atoms with Crippen LogP contribution in [-0.4, -0.2) is 18.8 Å². The van der Waals surface area contributed by atoms with Crippen molar-refractivity contribution < 1.29 is 22.7 Å². The maximum atomic E-state index is 12.6. The van der Waals surface area contributed by atoms with E-state index < -0.39 is 23.9 Å². The minimum absolute atomic E-state index is 0.140. The number of carbonyl (C=O) groups is 1. The molecule has 1 heterocycles. The van der Waals surface area contributed by atoms with Gasteiger partial charge in [-0.1, -0.05) is 30.3 Å². The number of benzene rings is 1. The number of ether oxygens (including phenoxy) is 1. The SMILES string of the molecule is O=C1C=C(C(F)(F)F)N[C@@H](c2ccccc2)CO1. The second kappa shape index (κ2) is 4.72. The summed E-state index contributed by atoms with van der Waals surface area (Å²) in [6.07, 6.45) is -4.17. The molecular weight excluding hydrogens is 247 g/mol. The van der Waals surface area contributed by atoms with Crippen LogP contribution in [0.1, 0.15) is 11.6 Å². The zero-order valence-corrected chi connectivity index (χ0v) is 9.20. The summed E-state index contributed by atoms with van der Waals surface area (Å²) < 4.78 is 42.7. The number of hydrogen-bond acceptors (Lipinski definition) is 3. The summed E-state index contributed by atoms with van der Waals surface area (Å²) in [6.45, 7) is -0.140. The van der Waals surface area contributed by atoms with Crippen LogP contribution in [0.2, 0.25) is 0 Å². The number of allylic oxidation sites excluding steroid dienone is 1. The van der Waals surface area contributed by atoms with Crippen LogP contribution < -0.4 is 5.32 Å². The maximum Gasteiger partial charge on any atom is 0.431 e. The monoisotopic (exact) mass is 257 g/mol. The molecule has 1 aromatic carbocycles. The summed E-state index contributed by atoms with van der Waals surface area (Å²) in [5.41, 5.74) is -0.457. The second-order valence-electron chi connectivity index (χ2n) is 3.79. The smallest absolute Gasteiger partial charge is 0.431 e. The molecule has 0 saturated heterocycles. The van der Waals surface area contributed by atoms with Gasteiger partial charge in [0.05, 0.1) is 12.1 Å². The van der Waals surface area contributed by atoms with E-state index in [1.807, 2.05) is 0 Å². The van der Waals surface area contributed by atoms with Gasteiger partial charge in [0.1, 0.15) is 12.3 Å². The molecule has 0 aliphatic carbocycles. The molecule has 96 valence electrons. The van der Waals surface area contributed by atoms with Gasteiger partial charge in [0.25, 0.3) is 0 Å². The summed E-state index contributed by atoms with van der Waals surface area (Å²) in [6, 6.07) is 7.81. The predicted molar refractivity (Wildman–Crippen MR) is 57.4 cm³/mol. The maximum absolute atomic E-state index is 12.6. The topological polar surface area (TPSA) is 38.3 Å². The summed E-state index contributed by atoms with van der Waals surface area (Å²) >= 11 is 0. The van der Waals surface area contributed by atoms with Crippen LogP contribution in [0.15, 0.2) is 42.1 Å². The lowest BCUT2D eigenvalue weighted by Gasteiger charge is -2.20. The zero-order chi connectivity index (χ0) is 13.2. The Hall–Kier alpha value is -1.98. The van der Waals surface area contributed by atoms with E-state index in [0.29, 0.717) is 11.6 Å². The lowest BCUT2D eigenvalue weighted by molar-refractivity contribution is -0.138. The Bertz CT molecular complexity index is 468. The fourth-order valence-electron chi connectivity index (χ4n) is 1.62. The van der Waals surface area contributed by atoms with E-state index in [1.54, 1.807) is 30.3 Å². The Labute approximate surface area is 101 Å². The first-order chi connectivity index (χ1) is 8.47. The van der Waals surface area contributed by atoms with Gasteiger partial charge in [-0.25, -0.2) is 4.79 Å². The molecule has 1 aliphatic rings. The molecule has 0 spiro atoms. The van der Waals surface area contributed by atoms with Gasteiger partial charge in [-0.15, -0.1) is 0 Å². The highest BCUT2D eigenvalue weighted by atomic mass is 19.4. The number of cyclic esters (lactones) is 1. The standard InChI is InChI=1S/C12H10F3NO2/c13-12(14,15)10-6-11(17)18-7-9(16-10)8-4-2-1-3-5-8/h1-6,9,16H,7H2/t9-/m1/s1. The number of halogens is 3. The quantitative estimate of drug-likeness (QED) is 0.785. The van der Waals surface area contributed by atoms with Crippen LogP contribution in [0.25, 0.3) is 0 Å². The van der Waals surface area contributed by atoms with Crippen LogP contribution in [0.3, 0.4) is 0 Å². The predicted octanol–water partition coefficient (Wildman–Crippen LogP) is 2.32. The van der Waals surface area contributed by atoms with E-state index >= 15 is 0 Å². The van der Waals surface area contributed by atoms with Gasteiger partial charge in [0, 0.05) is 0 Å². The highest BCUT2D eigenvalue weighted by Crippen LogP contribution is 2.28. The van der Waals surface area contributed by atoms with Crippen LogP contribution >= 0.6 is 0 Å². The summed E-state index contributed by atoms with van der Waals surface area (Å²) in [4.78, 5) is 11.1. The first-order valence-corrected chi connectivity index (χ1v) is 5.24.